The van der Waals surface area contributed by atoms with E-state index < -0.39 is 0 Å². The van der Waals surface area contributed by atoms with E-state index >= 15 is 0 Å². The van der Waals surface area contributed by atoms with Gasteiger partial charge >= 0.3 is 0 Å². The average molecular weight is 334 g/mol. The highest BCUT2D eigenvalue weighted by Crippen LogP contribution is 2.22. The van der Waals surface area contributed by atoms with Crippen molar-refractivity contribution < 1.29 is 13.7 Å². The molecule has 0 saturated carbocycles. The molecule has 0 bridgehead atoms. The predicted octanol–water partition coefficient (Wildman–Crippen LogP) is 3.67. The summed E-state index contributed by atoms with van der Waals surface area (Å²) in [5.41, 5.74) is 2.86. The minimum absolute atomic E-state index is 0.193. The van der Waals surface area contributed by atoms with Crippen molar-refractivity contribution in [3.63, 3.8) is 0 Å². The van der Waals surface area contributed by atoms with Gasteiger partial charge in [-0.2, -0.15) is 4.98 Å². The van der Waals surface area contributed by atoms with Crippen molar-refractivity contribution in [2.45, 2.75) is 13.5 Å². The van der Waals surface area contributed by atoms with E-state index in [9.17, 15) is 0 Å². The number of nitrogens with zero attached hydrogens (tertiary/aromatic N) is 4. The third-order valence-electron chi connectivity index (χ3n) is 3.68. The zero-order valence-electron chi connectivity index (χ0n) is 13.4. The molecule has 0 aliphatic heterocycles. The van der Waals surface area contributed by atoms with E-state index in [1.165, 1.54) is 6.39 Å². The van der Waals surface area contributed by atoms with E-state index in [2.05, 4.69) is 20.3 Å². The summed E-state index contributed by atoms with van der Waals surface area (Å²) < 4.78 is 16.1. The Morgan fingerprint density at radius 3 is 2.64 bits per heavy atom. The first kappa shape index (κ1) is 15.1. The Morgan fingerprint density at radius 2 is 1.88 bits per heavy atom. The molecule has 0 unspecified atom stereocenters. The van der Waals surface area contributed by atoms with Gasteiger partial charge in [-0.1, -0.05) is 29.4 Å². The van der Waals surface area contributed by atoms with Gasteiger partial charge in [-0.3, -0.25) is 0 Å². The highest BCUT2D eigenvalue weighted by molar-refractivity contribution is 5.59. The first-order valence-corrected chi connectivity index (χ1v) is 7.67. The second-order valence-electron chi connectivity index (χ2n) is 5.38. The van der Waals surface area contributed by atoms with Gasteiger partial charge < -0.3 is 13.7 Å². The lowest BCUT2D eigenvalue weighted by atomic mass is 10.1. The number of hydrogen-bond acceptors (Lipinski definition) is 7. The van der Waals surface area contributed by atoms with Crippen LogP contribution < -0.4 is 4.74 Å². The first-order valence-electron chi connectivity index (χ1n) is 7.67. The molecule has 25 heavy (non-hydrogen) atoms. The Hall–Kier alpha value is -3.48. The van der Waals surface area contributed by atoms with E-state index in [-0.39, 0.29) is 6.61 Å². The lowest BCUT2D eigenvalue weighted by Gasteiger charge is -2.03. The topological polar surface area (TPSA) is 87.1 Å². The third kappa shape index (κ3) is 3.25. The highest BCUT2D eigenvalue weighted by Gasteiger charge is 2.11. The quantitative estimate of drug-likeness (QED) is 0.550. The van der Waals surface area contributed by atoms with Crippen molar-refractivity contribution in [2.75, 3.05) is 0 Å². The Bertz CT molecular complexity index is 962. The number of hydrogen-bond donors (Lipinski definition) is 0. The number of benzene rings is 2. The van der Waals surface area contributed by atoms with Gasteiger partial charge in [0.1, 0.15) is 5.75 Å². The fourth-order valence-electron chi connectivity index (χ4n) is 2.38. The van der Waals surface area contributed by atoms with Crippen molar-refractivity contribution in [1.82, 2.24) is 20.3 Å². The van der Waals surface area contributed by atoms with Gasteiger partial charge in [0.2, 0.25) is 18.1 Å². The summed E-state index contributed by atoms with van der Waals surface area (Å²) in [5, 5.41) is 11.5. The molecule has 0 amide bonds. The van der Waals surface area contributed by atoms with Gasteiger partial charge in [0, 0.05) is 11.1 Å². The van der Waals surface area contributed by atoms with Gasteiger partial charge in [-0.25, -0.2) is 0 Å². The Kier molecular flexibility index (Phi) is 3.96. The molecule has 0 aliphatic rings. The smallest absolute Gasteiger partial charge is 0.264 e. The van der Waals surface area contributed by atoms with Crippen molar-refractivity contribution in [2.24, 2.45) is 0 Å². The molecule has 2 heterocycles. The Labute approximate surface area is 143 Å². The van der Waals surface area contributed by atoms with Crippen LogP contribution >= 0.6 is 0 Å². The van der Waals surface area contributed by atoms with E-state index in [4.69, 9.17) is 13.7 Å². The molecule has 0 atom stereocenters. The number of rotatable bonds is 5. The zero-order valence-corrected chi connectivity index (χ0v) is 13.4. The van der Waals surface area contributed by atoms with Crippen LogP contribution in [0, 0.1) is 6.92 Å². The van der Waals surface area contributed by atoms with Crippen LogP contribution in [0.15, 0.2) is 63.9 Å². The Balaban J connectivity index is 1.43. The maximum absolute atomic E-state index is 5.68. The molecule has 4 aromatic rings. The first-order chi connectivity index (χ1) is 12.3. The molecule has 0 saturated heterocycles. The predicted molar refractivity (Wildman–Crippen MR) is 88.5 cm³/mol. The van der Waals surface area contributed by atoms with E-state index in [1.54, 1.807) is 0 Å². The SMILES string of the molecule is Cc1ccccc1-c1noc(COc2ccc(-c3nnco3)cc2)n1. The molecular formula is C18H14N4O3. The second-order valence-corrected chi connectivity index (χ2v) is 5.38. The lowest BCUT2D eigenvalue weighted by molar-refractivity contribution is 0.243. The van der Waals surface area contributed by atoms with Crippen molar-refractivity contribution in [3.05, 3.63) is 66.4 Å². The van der Waals surface area contributed by atoms with Gasteiger partial charge in [0.15, 0.2) is 6.61 Å². The summed E-state index contributed by atoms with van der Waals surface area (Å²) >= 11 is 0. The minimum Gasteiger partial charge on any atom is -0.484 e. The van der Waals surface area contributed by atoms with Crippen LogP contribution in [-0.4, -0.2) is 20.3 Å². The van der Waals surface area contributed by atoms with Crippen LogP contribution in [0.5, 0.6) is 5.75 Å². The molecule has 0 spiro atoms. The van der Waals surface area contributed by atoms with Crippen LogP contribution in [-0.2, 0) is 6.61 Å². The number of aryl methyl sites for hydroxylation is 1. The van der Waals surface area contributed by atoms with Gasteiger partial charge in [0.05, 0.1) is 0 Å². The van der Waals surface area contributed by atoms with Crippen molar-refractivity contribution in [3.8, 4) is 28.6 Å². The number of aromatic nitrogens is 4. The number of ether oxygens (including phenoxy) is 1. The maximum atomic E-state index is 5.68. The normalized spacial score (nSPS) is 10.8. The molecule has 0 N–H and O–H groups in total. The summed E-state index contributed by atoms with van der Waals surface area (Å²) in [6.07, 6.45) is 1.29. The molecule has 0 aliphatic carbocycles. The summed E-state index contributed by atoms with van der Waals surface area (Å²) in [6.45, 7) is 2.20. The van der Waals surface area contributed by atoms with E-state index in [0.717, 1.165) is 16.7 Å². The van der Waals surface area contributed by atoms with Crippen LogP contribution in [0.3, 0.4) is 0 Å². The summed E-state index contributed by atoms with van der Waals surface area (Å²) in [4.78, 5) is 4.38. The summed E-state index contributed by atoms with van der Waals surface area (Å²) in [5.74, 6) is 2.12. The second kappa shape index (κ2) is 6.56. The van der Waals surface area contributed by atoms with Crippen LogP contribution in [0.2, 0.25) is 0 Å². The Morgan fingerprint density at radius 1 is 1.04 bits per heavy atom. The molecule has 7 heteroatoms. The third-order valence-corrected chi connectivity index (χ3v) is 3.68. The minimum atomic E-state index is 0.193. The lowest BCUT2D eigenvalue weighted by Crippen LogP contribution is -1.96. The fraction of sp³-hybridized carbons (Fsp3) is 0.111. The fourth-order valence-corrected chi connectivity index (χ4v) is 2.38. The molecule has 7 nitrogen and oxygen atoms in total. The van der Waals surface area contributed by atoms with Gasteiger partial charge in [0.25, 0.3) is 5.89 Å². The summed E-state index contributed by atoms with van der Waals surface area (Å²) in [7, 11) is 0. The molecule has 2 aromatic heterocycles. The zero-order chi connectivity index (χ0) is 17.1. The summed E-state index contributed by atoms with van der Waals surface area (Å²) in [6, 6.07) is 15.2. The molecule has 2 aromatic carbocycles. The average Bonchev–Trinajstić information content (AvgIpc) is 3.33. The van der Waals surface area contributed by atoms with Crippen LogP contribution in [0.1, 0.15) is 11.5 Å². The van der Waals surface area contributed by atoms with Gasteiger partial charge in [-0.15, -0.1) is 10.2 Å². The highest BCUT2D eigenvalue weighted by atomic mass is 16.5. The van der Waals surface area contributed by atoms with Crippen molar-refractivity contribution in [1.29, 1.82) is 0 Å². The maximum Gasteiger partial charge on any atom is 0.264 e. The molecule has 4 rings (SSSR count). The van der Waals surface area contributed by atoms with E-state index in [1.807, 2.05) is 55.5 Å². The van der Waals surface area contributed by atoms with Crippen molar-refractivity contribution >= 4 is 0 Å². The van der Waals surface area contributed by atoms with E-state index in [0.29, 0.717) is 23.4 Å². The molecule has 0 radical (unpaired) electrons. The standard InChI is InChI=1S/C18H14N4O3/c1-12-4-2-3-5-15(12)17-20-16(25-22-17)10-23-14-8-6-13(7-9-14)18-21-19-11-24-18/h2-9,11H,10H2,1H3. The van der Waals surface area contributed by atoms with Crippen LogP contribution in [0.4, 0.5) is 0 Å². The molecule has 124 valence electrons. The molecule has 0 fully saturated rings. The largest absolute Gasteiger partial charge is 0.484 e. The van der Waals surface area contributed by atoms with Gasteiger partial charge in [-0.05, 0) is 36.8 Å². The monoisotopic (exact) mass is 334 g/mol. The molecular weight excluding hydrogens is 320 g/mol. The van der Waals surface area contributed by atoms with Crippen LogP contribution in [0.25, 0.3) is 22.8 Å².